The van der Waals surface area contributed by atoms with Crippen LogP contribution in [0.4, 0.5) is 0 Å². The molecule has 2 aliphatic rings. The van der Waals surface area contributed by atoms with Crippen molar-refractivity contribution >= 4 is 11.9 Å². The third-order valence-corrected chi connectivity index (χ3v) is 6.08. The minimum absolute atomic E-state index is 0.132. The second kappa shape index (κ2) is 7.96. The zero-order chi connectivity index (χ0) is 20.5. The van der Waals surface area contributed by atoms with Crippen LogP contribution in [0.25, 0.3) is 0 Å². The Labute approximate surface area is 159 Å². The maximum atomic E-state index is 12.3. The molecule has 2 fully saturated rings. The number of methoxy groups -OCH3 is 1. The highest BCUT2D eigenvalue weighted by molar-refractivity contribution is 5.89. The van der Waals surface area contributed by atoms with Gasteiger partial charge in [-0.15, -0.1) is 0 Å². The summed E-state index contributed by atoms with van der Waals surface area (Å²) in [7, 11) is 1.24. The van der Waals surface area contributed by atoms with Gasteiger partial charge in [0, 0.05) is 29.2 Å². The highest BCUT2D eigenvalue weighted by Gasteiger charge is 2.57. The van der Waals surface area contributed by atoms with Gasteiger partial charge >= 0.3 is 11.9 Å². The molecule has 0 bridgehead atoms. The fourth-order valence-electron chi connectivity index (χ4n) is 4.32. The first-order valence-electron chi connectivity index (χ1n) is 8.90. The van der Waals surface area contributed by atoms with Crippen LogP contribution in [0.1, 0.15) is 26.2 Å². The average molecular weight is 380 g/mol. The molecule has 0 spiro atoms. The molecule has 0 aliphatic heterocycles. The highest BCUT2D eigenvalue weighted by Crippen LogP contribution is 2.55. The van der Waals surface area contributed by atoms with Crippen LogP contribution in [0.3, 0.4) is 0 Å². The van der Waals surface area contributed by atoms with Crippen LogP contribution in [0.15, 0.2) is 36.5 Å². The normalized spacial score (nSPS) is 35.7. The second-order valence-corrected chi connectivity index (χ2v) is 7.62. The Morgan fingerprint density at radius 1 is 1.26 bits per heavy atom. The van der Waals surface area contributed by atoms with Crippen molar-refractivity contribution in [2.24, 2.45) is 17.3 Å². The Kier molecular flexibility index (Phi) is 6.29. The Morgan fingerprint density at radius 3 is 2.44 bits per heavy atom. The summed E-state index contributed by atoms with van der Waals surface area (Å²) in [6.45, 7) is 12.5. The zero-order valence-electron chi connectivity index (χ0n) is 15.8. The van der Waals surface area contributed by atoms with E-state index < -0.39 is 54.1 Å². The van der Waals surface area contributed by atoms with Crippen molar-refractivity contribution in [3.8, 4) is 0 Å². The predicted molar refractivity (Wildman–Crippen MR) is 97.4 cm³/mol. The monoisotopic (exact) mass is 380 g/mol. The van der Waals surface area contributed by atoms with E-state index in [0.29, 0.717) is 18.4 Å². The minimum Gasteiger partial charge on any atom is -0.466 e. The van der Waals surface area contributed by atoms with Crippen LogP contribution < -0.4 is 0 Å². The van der Waals surface area contributed by atoms with Crippen LogP contribution in [-0.4, -0.2) is 59.3 Å². The van der Waals surface area contributed by atoms with Gasteiger partial charge in [0.25, 0.3) is 0 Å². The summed E-state index contributed by atoms with van der Waals surface area (Å²) in [6, 6.07) is 0. The van der Waals surface area contributed by atoms with Crippen LogP contribution >= 0.6 is 0 Å². The first-order valence-corrected chi connectivity index (χ1v) is 8.90. The summed E-state index contributed by atoms with van der Waals surface area (Å²) < 4.78 is 10.4. The van der Waals surface area contributed by atoms with Gasteiger partial charge in [-0.05, 0) is 18.4 Å². The van der Waals surface area contributed by atoms with Gasteiger partial charge < -0.3 is 24.8 Å². The third kappa shape index (κ3) is 3.72. The second-order valence-electron chi connectivity index (χ2n) is 7.62. The van der Waals surface area contributed by atoms with Gasteiger partial charge in [0.15, 0.2) is 0 Å². The quantitative estimate of drug-likeness (QED) is 0.369. The van der Waals surface area contributed by atoms with Crippen molar-refractivity contribution in [1.29, 1.82) is 0 Å². The molecule has 2 aliphatic carbocycles. The van der Waals surface area contributed by atoms with Gasteiger partial charge in [-0.1, -0.05) is 26.7 Å². The van der Waals surface area contributed by atoms with Gasteiger partial charge in [0.2, 0.25) is 0 Å². The molecule has 2 saturated carbocycles. The molecule has 27 heavy (non-hydrogen) atoms. The molecule has 6 atom stereocenters. The lowest BCUT2D eigenvalue weighted by Gasteiger charge is -2.55. The first-order chi connectivity index (χ1) is 12.6. The third-order valence-electron chi connectivity index (χ3n) is 6.08. The van der Waals surface area contributed by atoms with Gasteiger partial charge in [0.1, 0.15) is 6.10 Å². The molecule has 7 nitrogen and oxygen atoms in total. The van der Waals surface area contributed by atoms with E-state index in [1.165, 1.54) is 7.11 Å². The molecule has 0 saturated heterocycles. The van der Waals surface area contributed by atoms with E-state index >= 15 is 0 Å². The number of hydrogen-bond acceptors (Lipinski definition) is 7. The Hall–Kier alpha value is -1.96. The lowest BCUT2D eigenvalue weighted by atomic mass is 9.53. The van der Waals surface area contributed by atoms with E-state index in [1.807, 2.05) is 6.92 Å². The predicted octanol–water partition coefficient (Wildman–Crippen LogP) is 0.890. The van der Waals surface area contributed by atoms with Crippen molar-refractivity contribution in [1.82, 2.24) is 0 Å². The fraction of sp³-hybridized carbons (Fsp3) is 0.600. The standard InChI is InChI=1S/C20H28O7/c1-10(9-21)18(24)27-17-13(11(2)19(25)26-5)6-7-20(4)15(23)8-14(22)12(3)16(17)20/h13-17,21-23H,1-3,6-9H2,4-5H3/t13-,14-,15+,16+,17-,20-/m0/s1. The Morgan fingerprint density at radius 2 is 1.89 bits per heavy atom. The number of rotatable bonds is 5. The molecule has 0 unspecified atom stereocenters. The van der Waals surface area contributed by atoms with E-state index in [2.05, 4.69) is 19.7 Å². The van der Waals surface area contributed by atoms with Crippen molar-refractivity contribution in [3.63, 3.8) is 0 Å². The molecule has 0 aromatic rings. The fourth-order valence-corrected chi connectivity index (χ4v) is 4.32. The number of carbonyl (C=O) groups excluding carboxylic acids is 2. The van der Waals surface area contributed by atoms with Crippen molar-refractivity contribution < 1.29 is 34.4 Å². The summed E-state index contributed by atoms with van der Waals surface area (Å²) in [5.41, 5.74) is -0.228. The summed E-state index contributed by atoms with van der Waals surface area (Å²) in [5.74, 6) is -2.59. The van der Waals surface area contributed by atoms with E-state index in [4.69, 9.17) is 14.6 Å². The molecule has 7 heteroatoms. The maximum Gasteiger partial charge on any atom is 0.336 e. The summed E-state index contributed by atoms with van der Waals surface area (Å²) >= 11 is 0. The number of ether oxygens (including phenoxy) is 2. The lowest BCUT2D eigenvalue weighted by molar-refractivity contribution is -0.171. The van der Waals surface area contributed by atoms with E-state index in [9.17, 15) is 19.8 Å². The Bertz CT molecular complexity index is 667. The number of aliphatic hydroxyl groups is 3. The number of carbonyl (C=O) groups is 2. The van der Waals surface area contributed by atoms with Crippen LogP contribution in [0, 0.1) is 17.3 Å². The molecule has 150 valence electrons. The molecular weight excluding hydrogens is 352 g/mol. The maximum absolute atomic E-state index is 12.3. The van der Waals surface area contributed by atoms with Crippen molar-refractivity contribution in [3.05, 3.63) is 36.5 Å². The van der Waals surface area contributed by atoms with E-state index in [0.717, 1.165) is 0 Å². The van der Waals surface area contributed by atoms with Crippen LogP contribution in [-0.2, 0) is 19.1 Å². The van der Waals surface area contributed by atoms with E-state index in [1.54, 1.807) is 0 Å². The van der Waals surface area contributed by atoms with E-state index in [-0.39, 0.29) is 17.6 Å². The SMILES string of the molecule is C=C(CO)C(=O)O[C@@H]1[C@H]2C(=C)[C@@H](O)C[C@@H](O)[C@]2(C)CC[C@H]1C(=C)C(=O)OC. The highest BCUT2D eigenvalue weighted by atomic mass is 16.5. The molecule has 0 amide bonds. The average Bonchev–Trinajstić information content (AvgIpc) is 2.64. The summed E-state index contributed by atoms with van der Waals surface area (Å²) in [4.78, 5) is 24.4. The van der Waals surface area contributed by atoms with Gasteiger partial charge in [-0.25, -0.2) is 9.59 Å². The van der Waals surface area contributed by atoms with Crippen LogP contribution in [0.2, 0.25) is 0 Å². The molecule has 0 aromatic heterocycles. The lowest BCUT2D eigenvalue weighted by Crippen LogP contribution is -2.58. The van der Waals surface area contributed by atoms with Gasteiger partial charge in [-0.2, -0.15) is 0 Å². The summed E-state index contributed by atoms with van der Waals surface area (Å²) in [6.07, 6.45) is -1.56. The summed E-state index contributed by atoms with van der Waals surface area (Å²) in [5, 5.41) is 30.1. The number of aliphatic hydroxyl groups excluding tert-OH is 3. The number of fused-ring (bicyclic) bond motifs is 1. The molecule has 0 aromatic carbocycles. The molecule has 0 radical (unpaired) electrons. The van der Waals surface area contributed by atoms with Gasteiger partial charge in [0.05, 0.1) is 31.5 Å². The van der Waals surface area contributed by atoms with Crippen molar-refractivity contribution in [2.45, 2.75) is 44.5 Å². The Balaban J connectivity index is 2.47. The van der Waals surface area contributed by atoms with Crippen LogP contribution in [0.5, 0.6) is 0 Å². The van der Waals surface area contributed by atoms with Gasteiger partial charge in [-0.3, -0.25) is 0 Å². The zero-order valence-corrected chi connectivity index (χ0v) is 15.8. The molecule has 3 N–H and O–H groups in total. The largest absolute Gasteiger partial charge is 0.466 e. The topological polar surface area (TPSA) is 113 Å². The smallest absolute Gasteiger partial charge is 0.336 e. The number of hydrogen-bond donors (Lipinski definition) is 3. The number of esters is 2. The minimum atomic E-state index is -0.953. The molecular formula is C20H28O7. The molecule has 0 heterocycles. The molecule has 2 rings (SSSR count). The van der Waals surface area contributed by atoms with Crippen molar-refractivity contribution in [2.75, 3.05) is 13.7 Å². The first kappa shape index (κ1) is 21.3.